The zero-order valence-electron chi connectivity index (χ0n) is 12.9. The molecule has 2 atom stereocenters. The first-order valence-corrected chi connectivity index (χ1v) is 7.42. The van der Waals surface area contributed by atoms with Crippen LogP contribution in [0.1, 0.15) is 11.5 Å². The molecule has 128 valence electrons. The van der Waals surface area contributed by atoms with Gasteiger partial charge in [-0.25, -0.2) is 4.79 Å². The standard InChI is InChI=1S/C16H18N4O3.ClH/c17-13-9-20(8-12(13)11-4-2-1-3-5-11)15(22)10-19-7-6-14(21)18-16(19)23;/h1-7,12-13H,8-10,17H2,(H,18,21,23);1H/t12-,13+;/m0./s1. The highest BCUT2D eigenvalue weighted by atomic mass is 35.5. The van der Waals surface area contributed by atoms with Crippen LogP contribution in [0.4, 0.5) is 0 Å². The van der Waals surface area contributed by atoms with Crippen molar-refractivity contribution in [2.45, 2.75) is 18.5 Å². The number of carbonyl (C=O) groups excluding carboxylic acids is 1. The summed E-state index contributed by atoms with van der Waals surface area (Å²) >= 11 is 0. The molecule has 0 radical (unpaired) electrons. The highest BCUT2D eigenvalue weighted by Gasteiger charge is 2.33. The average Bonchev–Trinajstić information content (AvgIpc) is 2.93. The van der Waals surface area contributed by atoms with Gasteiger partial charge in [0, 0.05) is 37.3 Å². The van der Waals surface area contributed by atoms with Crippen LogP contribution in [0.5, 0.6) is 0 Å². The number of nitrogens with zero attached hydrogens (tertiary/aromatic N) is 2. The third-order valence-electron chi connectivity index (χ3n) is 4.15. The van der Waals surface area contributed by atoms with Gasteiger partial charge in [0.15, 0.2) is 0 Å². The van der Waals surface area contributed by atoms with Crippen LogP contribution in [-0.4, -0.2) is 39.5 Å². The number of hydrogen-bond acceptors (Lipinski definition) is 4. The van der Waals surface area contributed by atoms with Crippen molar-refractivity contribution in [2.75, 3.05) is 13.1 Å². The zero-order chi connectivity index (χ0) is 16.4. The first-order chi connectivity index (χ1) is 11.0. The lowest BCUT2D eigenvalue weighted by Gasteiger charge is -2.17. The summed E-state index contributed by atoms with van der Waals surface area (Å²) in [7, 11) is 0. The van der Waals surface area contributed by atoms with Gasteiger partial charge in [0.2, 0.25) is 5.91 Å². The SMILES string of the molecule is Cl.N[C@@H]1CN(C(=O)Cn2ccc(=O)[nH]c2=O)C[C@H]1c1ccccc1. The van der Waals surface area contributed by atoms with E-state index in [9.17, 15) is 14.4 Å². The van der Waals surface area contributed by atoms with E-state index in [1.54, 1.807) is 4.90 Å². The summed E-state index contributed by atoms with van der Waals surface area (Å²) in [6.07, 6.45) is 1.32. The summed E-state index contributed by atoms with van der Waals surface area (Å²) in [4.78, 5) is 38.9. The predicted molar refractivity (Wildman–Crippen MR) is 92.3 cm³/mol. The topological polar surface area (TPSA) is 101 Å². The van der Waals surface area contributed by atoms with Crippen LogP contribution in [0.15, 0.2) is 52.2 Å². The Morgan fingerprint density at radius 2 is 1.88 bits per heavy atom. The third kappa shape index (κ3) is 3.74. The van der Waals surface area contributed by atoms with Crippen molar-refractivity contribution in [2.24, 2.45) is 5.73 Å². The molecular formula is C16H19ClN4O3. The lowest BCUT2D eigenvalue weighted by atomic mass is 9.95. The quantitative estimate of drug-likeness (QED) is 0.807. The fraction of sp³-hybridized carbons (Fsp3) is 0.312. The van der Waals surface area contributed by atoms with Crippen molar-refractivity contribution in [3.05, 3.63) is 69.0 Å². The van der Waals surface area contributed by atoms with Gasteiger partial charge in [0.05, 0.1) is 0 Å². The van der Waals surface area contributed by atoms with E-state index < -0.39 is 11.2 Å². The smallest absolute Gasteiger partial charge is 0.328 e. The van der Waals surface area contributed by atoms with Crippen molar-refractivity contribution in [3.63, 3.8) is 0 Å². The first-order valence-electron chi connectivity index (χ1n) is 7.42. The number of aromatic amines is 1. The fourth-order valence-corrected chi connectivity index (χ4v) is 2.90. The Labute approximate surface area is 144 Å². The van der Waals surface area contributed by atoms with E-state index in [4.69, 9.17) is 5.73 Å². The second-order valence-corrected chi connectivity index (χ2v) is 5.72. The Kier molecular flexibility index (Phi) is 5.58. The molecule has 0 unspecified atom stereocenters. The number of H-pyrrole nitrogens is 1. The van der Waals surface area contributed by atoms with Gasteiger partial charge in [-0.1, -0.05) is 30.3 Å². The number of halogens is 1. The van der Waals surface area contributed by atoms with Crippen molar-refractivity contribution < 1.29 is 4.79 Å². The largest absolute Gasteiger partial charge is 0.339 e. The Morgan fingerprint density at radius 3 is 2.54 bits per heavy atom. The molecule has 2 aromatic rings. The maximum atomic E-state index is 12.4. The molecule has 0 spiro atoms. The molecule has 1 aromatic carbocycles. The summed E-state index contributed by atoms with van der Waals surface area (Å²) in [6, 6.07) is 10.9. The third-order valence-corrected chi connectivity index (χ3v) is 4.15. The van der Waals surface area contributed by atoms with Crippen LogP contribution in [0.25, 0.3) is 0 Å². The van der Waals surface area contributed by atoms with Gasteiger partial charge in [0.25, 0.3) is 5.56 Å². The highest BCUT2D eigenvalue weighted by molar-refractivity contribution is 5.85. The number of likely N-dealkylation sites (tertiary alicyclic amines) is 1. The number of rotatable bonds is 3. The van der Waals surface area contributed by atoms with Crippen molar-refractivity contribution in [1.82, 2.24) is 14.5 Å². The average molecular weight is 351 g/mol. The molecule has 7 nitrogen and oxygen atoms in total. The number of amides is 1. The number of hydrogen-bond donors (Lipinski definition) is 2. The molecule has 1 fully saturated rings. The zero-order valence-corrected chi connectivity index (χ0v) is 13.7. The van der Waals surface area contributed by atoms with Gasteiger partial charge in [-0.2, -0.15) is 0 Å². The van der Waals surface area contributed by atoms with Crippen LogP contribution < -0.4 is 17.0 Å². The van der Waals surface area contributed by atoms with Crippen LogP contribution in [-0.2, 0) is 11.3 Å². The number of carbonyl (C=O) groups is 1. The van der Waals surface area contributed by atoms with Crippen LogP contribution in [0, 0.1) is 0 Å². The molecule has 1 saturated heterocycles. The summed E-state index contributed by atoms with van der Waals surface area (Å²) in [6.45, 7) is 0.877. The summed E-state index contributed by atoms with van der Waals surface area (Å²) in [5.41, 5.74) is 6.21. The minimum Gasteiger partial charge on any atom is -0.339 e. The highest BCUT2D eigenvalue weighted by Crippen LogP contribution is 2.26. The molecule has 1 aliphatic heterocycles. The van der Waals surface area contributed by atoms with Crippen LogP contribution >= 0.6 is 12.4 Å². The molecule has 3 rings (SSSR count). The minimum atomic E-state index is -0.589. The number of nitrogens with two attached hydrogens (primary N) is 1. The molecule has 0 aliphatic carbocycles. The van der Waals surface area contributed by atoms with Gasteiger partial charge in [-0.15, -0.1) is 12.4 Å². The molecule has 0 bridgehead atoms. The Hall–Kier alpha value is -2.38. The molecule has 0 saturated carbocycles. The second-order valence-electron chi connectivity index (χ2n) is 5.72. The van der Waals surface area contributed by atoms with Crippen LogP contribution in [0.2, 0.25) is 0 Å². The number of nitrogens with one attached hydrogen (secondary N) is 1. The van der Waals surface area contributed by atoms with E-state index in [1.165, 1.54) is 16.8 Å². The Morgan fingerprint density at radius 1 is 1.17 bits per heavy atom. The fourth-order valence-electron chi connectivity index (χ4n) is 2.90. The van der Waals surface area contributed by atoms with Crippen molar-refractivity contribution in [1.29, 1.82) is 0 Å². The van der Waals surface area contributed by atoms with E-state index in [0.29, 0.717) is 13.1 Å². The lowest BCUT2D eigenvalue weighted by molar-refractivity contribution is -0.130. The summed E-state index contributed by atoms with van der Waals surface area (Å²) < 4.78 is 1.19. The molecule has 2 heterocycles. The molecule has 3 N–H and O–H groups in total. The van der Waals surface area contributed by atoms with Crippen molar-refractivity contribution >= 4 is 18.3 Å². The molecule has 1 aromatic heterocycles. The van der Waals surface area contributed by atoms with E-state index in [0.717, 1.165) is 5.56 Å². The number of aromatic nitrogens is 2. The van der Waals surface area contributed by atoms with E-state index in [2.05, 4.69) is 4.98 Å². The normalized spacial score (nSPS) is 19.8. The molecule has 24 heavy (non-hydrogen) atoms. The second kappa shape index (κ2) is 7.46. The number of benzene rings is 1. The van der Waals surface area contributed by atoms with Gasteiger partial charge >= 0.3 is 5.69 Å². The first kappa shape index (κ1) is 18.0. The Balaban J connectivity index is 0.00000208. The molecule has 1 amide bonds. The molecular weight excluding hydrogens is 332 g/mol. The Bertz CT molecular complexity index is 818. The minimum absolute atomic E-state index is 0. The predicted octanol–water partition coefficient (Wildman–Crippen LogP) is -0.0883. The van der Waals surface area contributed by atoms with Crippen LogP contribution in [0.3, 0.4) is 0 Å². The van der Waals surface area contributed by atoms with E-state index >= 15 is 0 Å². The van der Waals surface area contributed by atoms with E-state index in [1.807, 2.05) is 30.3 Å². The van der Waals surface area contributed by atoms with Gasteiger partial charge in [0.1, 0.15) is 6.54 Å². The van der Waals surface area contributed by atoms with Crippen molar-refractivity contribution in [3.8, 4) is 0 Å². The summed E-state index contributed by atoms with van der Waals surface area (Å²) in [5.74, 6) is -0.0968. The maximum Gasteiger partial charge on any atom is 0.328 e. The van der Waals surface area contributed by atoms with Gasteiger partial charge in [-0.05, 0) is 5.56 Å². The molecule has 8 heteroatoms. The maximum absolute atomic E-state index is 12.4. The summed E-state index contributed by atoms with van der Waals surface area (Å²) in [5, 5.41) is 0. The van der Waals surface area contributed by atoms with E-state index in [-0.39, 0.29) is 36.8 Å². The molecule has 1 aliphatic rings. The van der Waals surface area contributed by atoms with Gasteiger partial charge < -0.3 is 10.6 Å². The van der Waals surface area contributed by atoms with Gasteiger partial charge in [-0.3, -0.25) is 19.1 Å². The lowest BCUT2D eigenvalue weighted by Crippen LogP contribution is -2.38. The monoisotopic (exact) mass is 350 g/mol.